The Balaban J connectivity index is 1.96. The number of phenolic OH excluding ortho intramolecular Hbond substituents is 1. The van der Waals surface area contributed by atoms with Crippen molar-refractivity contribution in [1.82, 2.24) is 0 Å². The molecule has 0 heterocycles. The molecule has 23 heavy (non-hydrogen) atoms. The van der Waals surface area contributed by atoms with Gasteiger partial charge in [-0.3, -0.25) is 0 Å². The van der Waals surface area contributed by atoms with E-state index in [1.54, 1.807) is 12.1 Å². The molecule has 0 aliphatic heterocycles. The summed E-state index contributed by atoms with van der Waals surface area (Å²) >= 11 is 3.47. The lowest BCUT2D eigenvalue weighted by atomic mass is 10.2. The summed E-state index contributed by atoms with van der Waals surface area (Å²) in [6.45, 7) is 0. The highest BCUT2D eigenvalue weighted by molar-refractivity contribution is 9.08. The van der Waals surface area contributed by atoms with Crippen LogP contribution in [0.25, 0.3) is 0 Å². The molecule has 0 spiro atoms. The topological polar surface area (TPSA) is 38.7 Å². The molecule has 0 fully saturated rings. The lowest BCUT2D eigenvalue weighted by Gasteiger charge is -2.15. The number of rotatable bonds is 5. The molecule has 0 amide bonds. The van der Waals surface area contributed by atoms with Crippen LogP contribution in [-0.2, 0) is 5.33 Å². The Labute approximate surface area is 143 Å². The number of para-hydroxylation sites is 2. The van der Waals surface area contributed by atoms with Crippen molar-refractivity contribution >= 4 is 15.9 Å². The van der Waals surface area contributed by atoms with Gasteiger partial charge in [-0.05, 0) is 24.3 Å². The van der Waals surface area contributed by atoms with Crippen molar-refractivity contribution in [2.45, 2.75) is 5.33 Å². The quantitative estimate of drug-likeness (QED) is 0.570. The maximum absolute atomic E-state index is 9.99. The Morgan fingerprint density at radius 2 is 1.17 bits per heavy atom. The second kappa shape index (κ2) is 7.20. The average molecular weight is 371 g/mol. The number of phenols is 1. The molecule has 0 aliphatic carbocycles. The van der Waals surface area contributed by atoms with E-state index in [-0.39, 0.29) is 5.75 Å². The molecule has 0 unspecified atom stereocenters. The number of aromatic hydroxyl groups is 1. The molecule has 1 N–H and O–H groups in total. The minimum Gasteiger partial charge on any atom is -0.508 e. The highest BCUT2D eigenvalue weighted by atomic mass is 79.9. The monoisotopic (exact) mass is 370 g/mol. The van der Waals surface area contributed by atoms with Gasteiger partial charge in [0.15, 0.2) is 0 Å². The van der Waals surface area contributed by atoms with Crippen molar-refractivity contribution in [1.29, 1.82) is 0 Å². The van der Waals surface area contributed by atoms with Crippen molar-refractivity contribution < 1.29 is 14.6 Å². The Hall–Kier alpha value is -2.46. The number of ether oxygens (including phenoxy) is 2. The number of hydrogen-bond acceptors (Lipinski definition) is 3. The zero-order valence-corrected chi connectivity index (χ0v) is 13.9. The summed E-state index contributed by atoms with van der Waals surface area (Å²) < 4.78 is 11.8. The van der Waals surface area contributed by atoms with Crippen LogP contribution in [0.15, 0.2) is 72.8 Å². The van der Waals surface area contributed by atoms with Gasteiger partial charge < -0.3 is 14.6 Å². The maximum Gasteiger partial charge on any atom is 0.138 e. The molecule has 0 saturated carbocycles. The number of benzene rings is 3. The lowest BCUT2D eigenvalue weighted by molar-refractivity contribution is 0.430. The highest BCUT2D eigenvalue weighted by Gasteiger charge is 2.14. The van der Waals surface area contributed by atoms with Crippen molar-refractivity contribution in [2.75, 3.05) is 0 Å². The molecule has 0 aliphatic rings. The van der Waals surface area contributed by atoms with Crippen LogP contribution in [0, 0.1) is 0 Å². The Bertz CT molecular complexity index is 711. The molecule has 3 aromatic carbocycles. The van der Waals surface area contributed by atoms with Crippen LogP contribution in [-0.4, -0.2) is 5.11 Å². The Morgan fingerprint density at radius 1 is 0.739 bits per heavy atom. The summed E-state index contributed by atoms with van der Waals surface area (Å²) in [5.74, 6) is 2.60. The van der Waals surface area contributed by atoms with Crippen LogP contribution in [0.2, 0.25) is 0 Å². The summed E-state index contributed by atoms with van der Waals surface area (Å²) in [5.41, 5.74) is 0.829. The van der Waals surface area contributed by atoms with Gasteiger partial charge in [0.05, 0.1) is 0 Å². The van der Waals surface area contributed by atoms with Crippen LogP contribution >= 0.6 is 15.9 Å². The van der Waals surface area contributed by atoms with Gasteiger partial charge in [0.1, 0.15) is 28.7 Å². The van der Waals surface area contributed by atoms with Crippen LogP contribution in [0.1, 0.15) is 5.56 Å². The molecule has 4 heteroatoms. The third-order valence-corrected chi connectivity index (χ3v) is 3.79. The molecule has 0 bridgehead atoms. The SMILES string of the molecule is Oc1cc(Oc2ccccc2)c(CBr)c(Oc2ccccc2)c1. The van der Waals surface area contributed by atoms with E-state index in [4.69, 9.17) is 9.47 Å². The van der Waals surface area contributed by atoms with Crippen molar-refractivity contribution in [2.24, 2.45) is 0 Å². The van der Waals surface area contributed by atoms with E-state index >= 15 is 0 Å². The van der Waals surface area contributed by atoms with Crippen molar-refractivity contribution in [3.63, 3.8) is 0 Å². The number of alkyl halides is 1. The first-order valence-electron chi connectivity index (χ1n) is 7.14. The lowest BCUT2D eigenvalue weighted by Crippen LogP contribution is -1.94. The third-order valence-electron chi connectivity index (χ3n) is 3.23. The second-order valence-corrected chi connectivity index (χ2v) is 5.45. The van der Waals surface area contributed by atoms with Gasteiger partial charge in [-0.25, -0.2) is 0 Å². The van der Waals surface area contributed by atoms with E-state index in [9.17, 15) is 5.11 Å². The first kappa shape index (κ1) is 15.4. The molecule has 0 saturated heterocycles. The van der Waals surface area contributed by atoms with E-state index in [1.807, 2.05) is 60.7 Å². The second-order valence-electron chi connectivity index (χ2n) is 4.88. The highest BCUT2D eigenvalue weighted by Crippen LogP contribution is 2.39. The van der Waals surface area contributed by atoms with Gasteiger partial charge in [-0.1, -0.05) is 52.3 Å². The molecule has 116 valence electrons. The predicted octanol–water partition coefficient (Wildman–Crippen LogP) is 5.87. The fourth-order valence-electron chi connectivity index (χ4n) is 2.15. The van der Waals surface area contributed by atoms with Gasteiger partial charge in [-0.2, -0.15) is 0 Å². The van der Waals surface area contributed by atoms with Crippen LogP contribution in [0.5, 0.6) is 28.7 Å². The first-order chi connectivity index (χ1) is 11.3. The standard InChI is InChI=1S/C19H15BrO3/c20-13-17-18(22-15-7-3-1-4-8-15)11-14(21)12-19(17)23-16-9-5-2-6-10-16/h1-12,21H,13H2. The number of halogens is 1. The van der Waals surface area contributed by atoms with Crippen LogP contribution in [0.4, 0.5) is 0 Å². The van der Waals surface area contributed by atoms with E-state index < -0.39 is 0 Å². The molecular formula is C19H15BrO3. The van der Waals surface area contributed by atoms with Gasteiger partial charge in [0, 0.05) is 23.0 Å². The zero-order chi connectivity index (χ0) is 16.1. The first-order valence-corrected chi connectivity index (χ1v) is 8.26. The molecule has 3 nitrogen and oxygen atoms in total. The fraction of sp³-hybridized carbons (Fsp3) is 0.0526. The van der Waals surface area contributed by atoms with Crippen molar-refractivity contribution in [3.05, 3.63) is 78.4 Å². The van der Waals surface area contributed by atoms with Crippen LogP contribution in [0.3, 0.4) is 0 Å². The summed E-state index contributed by atoms with van der Waals surface area (Å²) in [4.78, 5) is 0. The van der Waals surface area contributed by atoms with E-state index in [0.717, 1.165) is 5.56 Å². The van der Waals surface area contributed by atoms with E-state index in [1.165, 1.54) is 0 Å². The third kappa shape index (κ3) is 3.85. The summed E-state index contributed by atoms with van der Waals surface area (Å²) in [6, 6.07) is 22.0. The smallest absolute Gasteiger partial charge is 0.138 e. The molecule has 3 aromatic rings. The zero-order valence-electron chi connectivity index (χ0n) is 12.3. The molecule has 0 aromatic heterocycles. The van der Waals surface area contributed by atoms with Gasteiger partial charge in [0.2, 0.25) is 0 Å². The molecule has 0 radical (unpaired) electrons. The summed E-state index contributed by atoms with van der Waals surface area (Å²) in [6.07, 6.45) is 0. The Morgan fingerprint density at radius 3 is 1.57 bits per heavy atom. The Kier molecular flexibility index (Phi) is 4.83. The van der Waals surface area contributed by atoms with E-state index in [0.29, 0.717) is 28.3 Å². The van der Waals surface area contributed by atoms with Crippen molar-refractivity contribution in [3.8, 4) is 28.7 Å². The molecule has 3 rings (SSSR count). The minimum absolute atomic E-state index is 0.0894. The van der Waals surface area contributed by atoms with Gasteiger partial charge in [0.25, 0.3) is 0 Å². The fourth-order valence-corrected chi connectivity index (χ4v) is 2.70. The van der Waals surface area contributed by atoms with Gasteiger partial charge >= 0.3 is 0 Å². The van der Waals surface area contributed by atoms with E-state index in [2.05, 4.69) is 15.9 Å². The minimum atomic E-state index is 0.0894. The summed E-state index contributed by atoms with van der Waals surface area (Å²) in [5, 5.41) is 10.5. The van der Waals surface area contributed by atoms with Crippen LogP contribution < -0.4 is 9.47 Å². The number of hydrogen-bond donors (Lipinski definition) is 1. The predicted molar refractivity (Wildman–Crippen MR) is 93.8 cm³/mol. The largest absolute Gasteiger partial charge is 0.508 e. The van der Waals surface area contributed by atoms with Gasteiger partial charge in [-0.15, -0.1) is 0 Å². The molecule has 0 atom stereocenters. The average Bonchev–Trinajstić information content (AvgIpc) is 2.56. The molecular weight excluding hydrogens is 356 g/mol. The summed E-state index contributed by atoms with van der Waals surface area (Å²) in [7, 11) is 0. The maximum atomic E-state index is 9.99. The normalized spacial score (nSPS) is 10.3.